The first-order chi connectivity index (χ1) is 12.5. The molecule has 26 heavy (non-hydrogen) atoms. The average molecular weight is 371 g/mol. The standard InChI is InChI=1S/C20H26N4OS/c1-20(2,25)12-14-5-9-24(10-6-14)13-15-3-4-17-16(11-15)23-18-19(26-17)22-8-7-21-18/h3-4,7-8,11,14,25H,5-6,9-10,12-13H2,1-2H3,(H,21,23). The molecule has 3 heterocycles. The van der Waals surface area contributed by atoms with Gasteiger partial charge in [0.1, 0.15) is 5.03 Å². The molecule has 1 aromatic heterocycles. The highest BCUT2D eigenvalue weighted by molar-refractivity contribution is 7.99. The number of aromatic nitrogens is 2. The van der Waals surface area contributed by atoms with Gasteiger partial charge in [-0.2, -0.15) is 0 Å². The van der Waals surface area contributed by atoms with Gasteiger partial charge in [-0.15, -0.1) is 0 Å². The molecule has 2 aromatic rings. The van der Waals surface area contributed by atoms with E-state index in [1.165, 1.54) is 23.3 Å². The number of hydrogen-bond acceptors (Lipinski definition) is 6. The number of likely N-dealkylation sites (tertiary alicyclic amines) is 1. The number of piperidine rings is 1. The number of anilines is 2. The summed E-state index contributed by atoms with van der Waals surface area (Å²) in [5, 5.41) is 14.4. The number of nitrogens with zero attached hydrogens (tertiary/aromatic N) is 3. The molecule has 6 heteroatoms. The van der Waals surface area contributed by atoms with E-state index in [0.717, 1.165) is 42.6 Å². The molecular weight excluding hydrogens is 344 g/mol. The van der Waals surface area contributed by atoms with Gasteiger partial charge >= 0.3 is 0 Å². The lowest BCUT2D eigenvalue weighted by atomic mass is 9.86. The van der Waals surface area contributed by atoms with Crippen LogP contribution in [0.2, 0.25) is 0 Å². The first kappa shape index (κ1) is 17.8. The van der Waals surface area contributed by atoms with Crippen molar-refractivity contribution in [1.29, 1.82) is 0 Å². The van der Waals surface area contributed by atoms with Gasteiger partial charge in [-0.3, -0.25) is 4.90 Å². The summed E-state index contributed by atoms with van der Waals surface area (Å²) in [6, 6.07) is 6.64. The summed E-state index contributed by atoms with van der Waals surface area (Å²) in [7, 11) is 0. The van der Waals surface area contributed by atoms with Crippen molar-refractivity contribution in [2.45, 2.75) is 55.2 Å². The third-order valence-corrected chi connectivity index (χ3v) is 6.14. The zero-order chi connectivity index (χ0) is 18.1. The van der Waals surface area contributed by atoms with E-state index in [4.69, 9.17) is 0 Å². The fourth-order valence-corrected chi connectivity index (χ4v) is 4.77. The molecule has 1 fully saturated rings. The minimum Gasteiger partial charge on any atom is -0.390 e. The first-order valence-corrected chi connectivity index (χ1v) is 10.1. The van der Waals surface area contributed by atoms with Gasteiger partial charge in [0.2, 0.25) is 0 Å². The second-order valence-corrected chi connectivity index (χ2v) is 9.03. The zero-order valence-electron chi connectivity index (χ0n) is 15.4. The molecule has 2 aliphatic rings. The quantitative estimate of drug-likeness (QED) is 0.722. The summed E-state index contributed by atoms with van der Waals surface area (Å²) < 4.78 is 0. The van der Waals surface area contributed by atoms with Crippen molar-refractivity contribution >= 4 is 23.3 Å². The maximum atomic E-state index is 10.0. The van der Waals surface area contributed by atoms with Crippen LogP contribution in [-0.4, -0.2) is 38.7 Å². The van der Waals surface area contributed by atoms with Crippen LogP contribution < -0.4 is 5.32 Å². The predicted octanol–water partition coefficient (Wildman–Crippen LogP) is 4.06. The van der Waals surface area contributed by atoms with E-state index in [0.29, 0.717) is 5.92 Å². The highest BCUT2D eigenvalue weighted by atomic mass is 32.2. The zero-order valence-corrected chi connectivity index (χ0v) is 16.2. The molecule has 2 N–H and O–H groups in total. The summed E-state index contributed by atoms with van der Waals surface area (Å²) >= 11 is 1.67. The first-order valence-electron chi connectivity index (χ1n) is 9.30. The van der Waals surface area contributed by atoms with Gasteiger partial charge < -0.3 is 10.4 Å². The Kier molecular flexibility index (Phi) is 4.90. The maximum absolute atomic E-state index is 10.0. The molecule has 0 spiro atoms. The third kappa shape index (κ3) is 4.19. The van der Waals surface area contributed by atoms with Crippen molar-refractivity contribution in [2.75, 3.05) is 18.4 Å². The molecule has 0 saturated carbocycles. The van der Waals surface area contributed by atoms with E-state index >= 15 is 0 Å². The summed E-state index contributed by atoms with van der Waals surface area (Å²) in [5.74, 6) is 1.48. The van der Waals surface area contributed by atoms with Crippen molar-refractivity contribution < 1.29 is 5.11 Å². The number of hydrogen-bond donors (Lipinski definition) is 2. The van der Waals surface area contributed by atoms with Crippen LogP contribution in [-0.2, 0) is 6.54 Å². The minimum atomic E-state index is -0.548. The van der Waals surface area contributed by atoms with Crippen LogP contribution in [0.25, 0.3) is 0 Å². The summed E-state index contributed by atoms with van der Waals surface area (Å²) in [6.45, 7) is 7.02. The molecule has 4 rings (SSSR count). The van der Waals surface area contributed by atoms with Gasteiger partial charge in [-0.05, 0) is 69.8 Å². The van der Waals surface area contributed by atoms with Crippen molar-refractivity contribution in [2.24, 2.45) is 5.92 Å². The highest BCUT2D eigenvalue weighted by Gasteiger charge is 2.25. The van der Waals surface area contributed by atoms with Gasteiger partial charge in [0.15, 0.2) is 5.82 Å². The second-order valence-electron chi connectivity index (χ2n) is 8.00. The Hall–Kier alpha value is -1.63. The van der Waals surface area contributed by atoms with Gasteiger partial charge in [0.25, 0.3) is 0 Å². The van der Waals surface area contributed by atoms with Crippen LogP contribution in [0.3, 0.4) is 0 Å². The topological polar surface area (TPSA) is 61.3 Å². The average Bonchev–Trinajstić information content (AvgIpc) is 2.60. The molecule has 0 aliphatic carbocycles. The minimum absolute atomic E-state index is 0.548. The number of nitrogens with one attached hydrogen (secondary N) is 1. The Morgan fingerprint density at radius 1 is 1.23 bits per heavy atom. The molecule has 138 valence electrons. The Balaban J connectivity index is 1.37. The van der Waals surface area contributed by atoms with Gasteiger partial charge in [-0.1, -0.05) is 17.8 Å². The summed E-state index contributed by atoms with van der Waals surface area (Å²) in [6.07, 6.45) is 6.70. The molecule has 0 amide bonds. The molecule has 0 unspecified atom stereocenters. The van der Waals surface area contributed by atoms with Crippen LogP contribution in [0.1, 0.15) is 38.7 Å². The van der Waals surface area contributed by atoms with Crippen molar-refractivity contribution in [3.8, 4) is 0 Å². The third-order valence-electron chi connectivity index (χ3n) is 5.07. The fourth-order valence-electron chi connectivity index (χ4n) is 3.89. The van der Waals surface area contributed by atoms with E-state index in [1.54, 1.807) is 24.2 Å². The Labute approximate surface area is 159 Å². The Morgan fingerprint density at radius 2 is 2.00 bits per heavy atom. The van der Waals surface area contributed by atoms with Crippen molar-refractivity contribution in [3.05, 3.63) is 36.2 Å². The number of fused-ring (bicyclic) bond motifs is 2. The van der Waals surface area contributed by atoms with Crippen LogP contribution in [0, 0.1) is 5.92 Å². The highest BCUT2D eigenvalue weighted by Crippen LogP contribution is 2.42. The van der Waals surface area contributed by atoms with Gasteiger partial charge in [-0.25, -0.2) is 9.97 Å². The van der Waals surface area contributed by atoms with Crippen LogP contribution in [0.15, 0.2) is 40.5 Å². The normalized spacial score (nSPS) is 18.1. The van der Waals surface area contributed by atoms with Crippen LogP contribution in [0.4, 0.5) is 11.5 Å². The number of aliphatic hydroxyl groups is 1. The van der Waals surface area contributed by atoms with Gasteiger partial charge in [0.05, 0.1) is 11.3 Å². The molecule has 1 saturated heterocycles. The predicted molar refractivity (Wildman–Crippen MR) is 105 cm³/mol. The lowest BCUT2D eigenvalue weighted by Gasteiger charge is -2.34. The number of benzene rings is 1. The largest absolute Gasteiger partial charge is 0.390 e. The molecular formula is C20H26N4OS. The van der Waals surface area contributed by atoms with Gasteiger partial charge in [0, 0.05) is 23.8 Å². The van der Waals surface area contributed by atoms with Crippen molar-refractivity contribution in [1.82, 2.24) is 14.9 Å². The summed E-state index contributed by atoms with van der Waals surface area (Å²) in [5.41, 5.74) is 1.90. The maximum Gasteiger partial charge on any atom is 0.163 e. The molecule has 0 radical (unpaired) electrons. The lowest BCUT2D eigenvalue weighted by Crippen LogP contribution is -2.35. The van der Waals surface area contributed by atoms with Crippen LogP contribution >= 0.6 is 11.8 Å². The van der Waals surface area contributed by atoms with Crippen LogP contribution in [0.5, 0.6) is 0 Å². The second kappa shape index (κ2) is 7.18. The SMILES string of the molecule is CC(C)(O)CC1CCN(Cc2ccc3c(c2)Nc2nccnc2S3)CC1. The Morgan fingerprint density at radius 3 is 2.77 bits per heavy atom. The van der Waals surface area contributed by atoms with E-state index < -0.39 is 5.60 Å². The fraction of sp³-hybridized carbons (Fsp3) is 0.500. The molecule has 0 bridgehead atoms. The monoisotopic (exact) mass is 370 g/mol. The van der Waals surface area contributed by atoms with Crippen molar-refractivity contribution in [3.63, 3.8) is 0 Å². The van der Waals surface area contributed by atoms with E-state index in [1.807, 2.05) is 13.8 Å². The van der Waals surface area contributed by atoms with E-state index in [2.05, 4.69) is 38.4 Å². The van der Waals surface area contributed by atoms with E-state index in [9.17, 15) is 5.11 Å². The lowest BCUT2D eigenvalue weighted by molar-refractivity contribution is 0.0368. The molecule has 0 atom stereocenters. The molecule has 5 nitrogen and oxygen atoms in total. The Bertz CT molecular complexity index is 782. The summed E-state index contributed by atoms with van der Waals surface area (Å²) in [4.78, 5) is 12.5. The number of rotatable bonds is 4. The molecule has 2 aliphatic heterocycles. The van der Waals surface area contributed by atoms with E-state index in [-0.39, 0.29) is 0 Å². The molecule has 1 aromatic carbocycles. The smallest absolute Gasteiger partial charge is 0.163 e.